The van der Waals surface area contributed by atoms with Crippen molar-refractivity contribution in [1.82, 2.24) is 4.90 Å². The summed E-state index contributed by atoms with van der Waals surface area (Å²) in [6.07, 6.45) is 0. The van der Waals surface area contributed by atoms with Crippen LogP contribution in [-0.4, -0.2) is 34.8 Å². The zero-order valence-electron chi connectivity index (χ0n) is 10.2. The number of phosphoric acid groups is 1. The Labute approximate surface area is 105 Å². The smallest absolute Gasteiger partial charge is 0.404 e. The Morgan fingerprint density at radius 1 is 1.39 bits per heavy atom. The zero-order chi connectivity index (χ0) is 13.9. The Morgan fingerprint density at radius 2 is 2.00 bits per heavy atom. The van der Waals surface area contributed by atoms with E-state index in [9.17, 15) is 9.36 Å². The number of hydrogen-bond acceptors (Lipinski definition) is 3. The fraction of sp³-hybridized carbons (Fsp3) is 0.300. The van der Waals surface area contributed by atoms with Crippen LogP contribution in [0.2, 0.25) is 0 Å². The maximum atomic E-state index is 11.4. The topological polar surface area (TPSA) is 99.1 Å². The Balaban J connectivity index is 2.86. The number of aryl methyl sites for hydroxylation is 1. The summed E-state index contributed by atoms with van der Waals surface area (Å²) < 4.78 is 15.1. The summed E-state index contributed by atoms with van der Waals surface area (Å²) in [6, 6.07) is 4.03. The van der Waals surface area contributed by atoms with E-state index >= 15 is 0 Å². The van der Waals surface area contributed by atoms with Gasteiger partial charge in [0.25, 0.3) is 0 Å². The Hall–Kier alpha value is -1.56. The molecule has 0 saturated carbocycles. The van der Waals surface area contributed by atoms with E-state index < -0.39 is 7.82 Å². The van der Waals surface area contributed by atoms with Gasteiger partial charge in [-0.3, -0.25) is 9.79 Å². The molecule has 0 unspecified atom stereocenters. The average molecular weight is 274 g/mol. The first kappa shape index (κ1) is 14.5. The van der Waals surface area contributed by atoms with E-state index in [0.29, 0.717) is 11.3 Å². The SMILES string of the molecule is Cc1cc(OP(=O)(O)O)ccc1NC(=O)N(C)C. The minimum absolute atomic E-state index is 0.0451. The van der Waals surface area contributed by atoms with Crippen molar-refractivity contribution in [2.45, 2.75) is 6.92 Å². The van der Waals surface area contributed by atoms with Gasteiger partial charge in [0, 0.05) is 19.8 Å². The number of urea groups is 1. The molecule has 100 valence electrons. The third-order valence-corrected chi connectivity index (χ3v) is 2.52. The molecule has 1 aromatic rings. The number of nitrogens with zero attached hydrogens (tertiary/aromatic N) is 1. The quantitative estimate of drug-likeness (QED) is 0.726. The molecule has 1 rings (SSSR count). The molecule has 7 nitrogen and oxygen atoms in total. The molecule has 0 saturated heterocycles. The largest absolute Gasteiger partial charge is 0.524 e. The zero-order valence-corrected chi connectivity index (χ0v) is 11.1. The van der Waals surface area contributed by atoms with Crippen molar-refractivity contribution >= 4 is 19.5 Å². The number of phosphoric ester groups is 1. The van der Waals surface area contributed by atoms with Gasteiger partial charge in [-0.15, -0.1) is 0 Å². The molecule has 0 spiro atoms. The molecule has 1 aromatic carbocycles. The molecule has 0 aliphatic heterocycles. The highest BCUT2D eigenvalue weighted by molar-refractivity contribution is 7.46. The minimum Gasteiger partial charge on any atom is -0.404 e. The first-order valence-electron chi connectivity index (χ1n) is 5.03. The molecule has 3 N–H and O–H groups in total. The molecule has 0 aliphatic carbocycles. The molecule has 0 aromatic heterocycles. The second-order valence-corrected chi connectivity index (χ2v) is 5.05. The molecule has 0 aliphatic rings. The number of carbonyl (C=O) groups excluding carboxylic acids is 1. The molecule has 0 heterocycles. The molecule has 0 bridgehead atoms. The predicted molar refractivity (Wildman–Crippen MR) is 66.6 cm³/mol. The number of amides is 2. The molecule has 0 radical (unpaired) electrons. The standard InChI is InChI=1S/C10H15N2O5P/c1-7-6-8(17-18(14,15)16)4-5-9(7)11-10(13)12(2)3/h4-6H,1-3H3,(H,11,13)(H2,14,15,16). The van der Waals surface area contributed by atoms with Crippen LogP contribution in [0.15, 0.2) is 18.2 Å². The fourth-order valence-corrected chi connectivity index (χ4v) is 1.59. The predicted octanol–water partition coefficient (Wildman–Crippen LogP) is 1.56. The van der Waals surface area contributed by atoms with Gasteiger partial charge >= 0.3 is 13.9 Å². The van der Waals surface area contributed by atoms with Gasteiger partial charge in [0.05, 0.1) is 0 Å². The minimum atomic E-state index is -4.56. The van der Waals surface area contributed by atoms with E-state index in [4.69, 9.17) is 9.79 Å². The maximum Gasteiger partial charge on any atom is 0.524 e. The summed E-state index contributed by atoms with van der Waals surface area (Å²) in [6.45, 7) is 1.69. The lowest BCUT2D eigenvalue weighted by Crippen LogP contribution is -2.27. The summed E-state index contributed by atoms with van der Waals surface area (Å²) in [5.41, 5.74) is 1.18. The van der Waals surface area contributed by atoms with Crippen molar-refractivity contribution < 1.29 is 23.7 Å². The van der Waals surface area contributed by atoms with Crippen LogP contribution in [0.3, 0.4) is 0 Å². The van der Waals surface area contributed by atoms with Crippen LogP contribution in [0.25, 0.3) is 0 Å². The molecule has 0 atom stereocenters. The van der Waals surface area contributed by atoms with Gasteiger partial charge in [0.2, 0.25) is 0 Å². The van der Waals surface area contributed by atoms with E-state index in [2.05, 4.69) is 9.84 Å². The molecule has 8 heteroatoms. The van der Waals surface area contributed by atoms with E-state index in [0.717, 1.165) is 0 Å². The normalized spacial score (nSPS) is 10.9. The number of carbonyl (C=O) groups is 1. The van der Waals surface area contributed by atoms with Gasteiger partial charge in [-0.1, -0.05) is 0 Å². The van der Waals surface area contributed by atoms with Gasteiger partial charge in [0.1, 0.15) is 5.75 Å². The van der Waals surface area contributed by atoms with E-state index in [1.807, 2.05) is 0 Å². The third-order valence-electron chi connectivity index (χ3n) is 2.07. The lowest BCUT2D eigenvalue weighted by atomic mass is 10.2. The Bertz CT molecular complexity index is 497. The van der Waals surface area contributed by atoms with Crippen molar-refractivity contribution in [3.63, 3.8) is 0 Å². The molecule has 18 heavy (non-hydrogen) atoms. The van der Waals surface area contributed by atoms with Gasteiger partial charge in [-0.25, -0.2) is 9.36 Å². The van der Waals surface area contributed by atoms with Crippen LogP contribution < -0.4 is 9.84 Å². The summed E-state index contributed by atoms with van der Waals surface area (Å²) in [7, 11) is -1.35. The summed E-state index contributed by atoms with van der Waals surface area (Å²) >= 11 is 0. The number of anilines is 1. The second-order valence-electron chi connectivity index (χ2n) is 3.88. The number of rotatable bonds is 3. The average Bonchev–Trinajstić information content (AvgIpc) is 2.19. The molecular weight excluding hydrogens is 259 g/mol. The van der Waals surface area contributed by atoms with Crippen molar-refractivity contribution in [3.05, 3.63) is 23.8 Å². The van der Waals surface area contributed by atoms with Gasteiger partial charge in [0.15, 0.2) is 0 Å². The highest BCUT2D eigenvalue weighted by Crippen LogP contribution is 2.38. The first-order valence-corrected chi connectivity index (χ1v) is 6.56. The van der Waals surface area contributed by atoms with Crippen LogP contribution in [0.5, 0.6) is 5.75 Å². The van der Waals surface area contributed by atoms with Crippen LogP contribution in [-0.2, 0) is 4.57 Å². The van der Waals surface area contributed by atoms with Crippen molar-refractivity contribution in [2.75, 3.05) is 19.4 Å². The van der Waals surface area contributed by atoms with Crippen molar-refractivity contribution in [3.8, 4) is 5.75 Å². The summed E-state index contributed by atoms with van der Waals surface area (Å²) in [4.78, 5) is 30.1. The van der Waals surface area contributed by atoms with Gasteiger partial charge < -0.3 is 14.7 Å². The van der Waals surface area contributed by atoms with Gasteiger partial charge in [-0.2, -0.15) is 0 Å². The highest BCUT2D eigenvalue weighted by atomic mass is 31.2. The monoisotopic (exact) mass is 274 g/mol. The molecule has 2 amide bonds. The van der Waals surface area contributed by atoms with Crippen molar-refractivity contribution in [2.24, 2.45) is 0 Å². The van der Waals surface area contributed by atoms with Crippen LogP contribution >= 0.6 is 7.82 Å². The lowest BCUT2D eigenvalue weighted by Gasteiger charge is -2.14. The molecule has 0 fully saturated rings. The van der Waals surface area contributed by atoms with Crippen LogP contribution in [0.1, 0.15) is 5.56 Å². The summed E-state index contributed by atoms with van der Waals surface area (Å²) in [5, 5.41) is 2.64. The lowest BCUT2D eigenvalue weighted by molar-refractivity contribution is 0.230. The Morgan fingerprint density at radius 3 is 2.44 bits per heavy atom. The summed E-state index contributed by atoms with van der Waals surface area (Å²) in [5.74, 6) is 0.0451. The number of nitrogens with one attached hydrogen (secondary N) is 1. The Kier molecular flexibility index (Phi) is 4.34. The second kappa shape index (κ2) is 5.39. The van der Waals surface area contributed by atoms with E-state index in [-0.39, 0.29) is 11.8 Å². The third kappa shape index (κ3) is 4.37. The van der Waals surface area contributed by atoms with Crippen LogP contribution in [0, 0.1) is 6.92 Å². The fourth-order valence-electron chi connectivity index (χ4n) is 1.20. The molecular formula is C10H15N2O5P. The van der Waals surface area contributed by atoms with Gasteiger partial charge in [-0.05, 0) is 30.7 Å². The van der Waals surface area contributed by atoms with Crippen LogP contribution in [0.4, 0.5) is 10.5 Å². The highest BCUT2D eigenvalue weighted by Gasteiger charge is 2.16. The van der Waals surface area contributed by atoms with E-state index in [1.165, 1.54) is 23.1 Å². The number of hydrogen-bond donors (Lipinski definition) is 3. The number of benzene rings is 1. The van der Waals surface area contributed by atoms with E-state index in [1.54, 1.807) is 21.0 Å². The first-order chi connectivity index (χ1) is 8.19. The maximum absolute atomic E-state index is 11.4. The van der Waals surface area contributed by atoms with Crippen molar-refractivity contribution in [1.29, 1.82) is 0 Å².